The SMILES string of the molecule is Cc1nn(CCC(=O)N2CC(CN3CCOCC3)c3ccccc32)c(C)c1C. The van der Waals surface area contributed by atoms with Gasteiger partial charge in [0.15, 0.2) is 0 Å². The minimum absolute atomic E-state index is 0.183. The molecular weight excluding hydrogens is 352 g/mol. The number of rotatable bonds is 5. The number of hydrogen-bond acceptors (Lipinski definition) is 4. The summed E-state index contributed by atoms with van der Waals surface area (Å²) in [6, 6.07) is 8.37. The van der Waals surface area contributed by atoms with E-state index >= 15 is 0 Å². The molecule has 3 heterocycles. The molecule has 6 nitrogen and oxygen atoms in total. The van der Waals surface area contributed by atoms with Crippen LogP contribution in [0.15, 0.2) is 24.3 Å². The first-order valence-electron chi connectivity index (χ1n) is 10.2. The second kappa shape index (κ2) is 8.05. The molecule has 2 aliphatic heterocycles. The van der Waals surface area contributed by atoms with Crippen molar-refractivity contribution in [1.29, 1.82) is 0 Å². The lowest BCUT2D eigenvalue weighted by atomic mass is 10.0. The molecule has 1 amide bonds. The predicted octanol–water partition coefficient (Wildman–Crippen LogP) is 2.66. The number of carbonyl (C=O) groups is 1. The molecular formula is C22H30N4O2. The molecule has 0 bridgehead atoms. The lowest BCUT2D eigenvalue weighted by Crippen LogP contribution is -2.40. The first kappa shape index (κ1) is 19.2. The summed E-state index contributed by atoms with van der Waals surface area (Å²) in [5.41, 5.74) is 5.78. The molecule has 0 saturated carbocycles. The highest BCUT2D eigenvalue weighted by Gasteiger charge is 2.33. The van der Waals surface area contributed by atoms with Crippen molar-refractivity contribution in [3.8, 4) is 0 Å². The average Bonchev–Trinajstić information content (AvgIpc) is 3.20. The lowest BCUT2D eigenvalue weighted by molar-refractivity contribution is -0.118. The number of nitrogens with zero attached hydrogens (tertiary/aromatic N) is 4. The van der Waals surface area contributed by atoms with Crippen molar-refractivity contribution in [2.24, 2.45) is 0 Å². The number of aromatic nitrogens is 2. The smallest absolute Gasteiger partial charge is 0.228 e. The highest BCUT2D eigenvalue weighted by Crippen LogP contribution is 2.37. The van der Waals surface area contributed by atoms with Crippen LogP contribution < -0.4 is 4.90 Å². The predicted molar refractivity (Wildman–Crippen MR) is 110 cm³/mol. The van der Waals surface area contributed by atoms with Crippen molar-refractivity contribution in [3.63, 3.8) is 0 Å². The minimum Gasteiger partial charge on any atom is -0.379 e. The van der Waals surface area contributed by atoms with Gasteiger partial charge < -0.3 is 9.64 Å². The zero-order valence-corrected chi connectivity index (χ0v) is 17.1. The number of hydrogen-bond donors (Lipinski definition) is 0. The molecule has 2 aromatic rings. The Morgan fingerprint density at radius 3 is 2.64 bits per heavy atom. The van der Waals surface area contributed by atoms with E-state index in [9.17, 15) is 4.79 Å². The average molecular weight is 383 g/mol. The number of ether oxygens (including phenoxy) is 1. The molecule has 2 aliphatic rings. The second-order valence-electron chi connectivity index (χ2n) is 7.94. The monoisotopic (exact) mass is 382 g/mol. The number of morpholine rings is 1. The molecule has 0 radical (unpaired) electrons. The van der Waals surface area contributed by atoms with E-state index in [1.165, 1.54) is 11.1 Å². The van der Waals surface area contributed by atoms with Gasteiger partial charge in [0, 0.05) is 56.4 Å². The molecule has 1 aromatic heterocycles. The largest absolute Gasteiger partial charge is 0.379 e. The van der Waals surface area contributed by atoms with Gasteiger partial charge in [-0.1, -0.05) is 18.2 Å². The van der Waals surface area contributed by atoms with E-state index in [-0.39, 0.29) is 5.91 Å². The maximum Gasteiger partial charge on any atom is 0.228 e. The molecule has 1 atom stereocenters. The summed E-state index contributed by atoms with van der Waals surface area (Å²) in [5.74, 6) is 0.552. The number of fused-ring (bicyclic) bond motifs is 1. The van der Waals surface area contributed by atoms with Gasteiger partial charge in [-0.05, 0) is 38.0 Å². The fraction of sp³-hybridized carbons (Fsp3) is 0.545. The molecule has 6 heteroatoms. The Labute approximate surface area is 167 Å². The minimum atomic E-state index is 0.183. The summed E-state index contributed by atoms with van der Waals surface area (Å²) in [7, 11) is 0. The van der Waals surface area contributed by atoms with Gasteiger partial charge in [0.25, 0.3) is 0 Å². The number of anilines is 1. The fourth-order valence-corrected chi connectivity index (χ4v) is 4.32. The van der Waals surface area contributed by atoms with Gasteiger partial charge in [0.1, 0.15) is 0 Å². The van der Waals surface area contributed by atoms with E-state index in [1.54, 1.807) is 0 Å². The Kier molecular flexibility index (Phi) is 5.51. The molecule has 1 unspecified atom stereocenters. The summed E-state index contributed by atoms with van der Waals surface area (Å²) < 4.78 is 7.44. The van der Waals surface area contributed by atoms with E-state index in [1.807, 2.05) is 22.6 Å². The molecule has 150 valence electrons. The Bertz CT molecular complexity index is 854. The third kappa shape index (κ3) is 3.71. The third-order valence-electron chi connectivity index (χ3n) is 6.23. The molecule has 28 heavy (non-hydrogen) atoms. The van der Waals surface area contributed by atoms with Crippen LogP contribution in [0.5, 0.6) is 0 Å². The van der Waals surface area contributed by atoms with Crippen LogP contribution >= 0.6 is 0 Å². The van der Waals surface area contributed by atoms with Gasteiger partial charge in [-0.2, -0.15) is 5.10 Å². The highest BCUT2D eigenvalue weighted by molar-refractivity contribution is 5.95. The Hall–Kier alpha value is -2.18. The number of para-hydroxylation sites is 1. The van der Waals surface area contributed by atoms with E-state index in [2.05, 4.69) is 42.0 Å². The number of carbonyl (C=O) groups excluding carboxylic acids is 1. The van der Waals surface area contributed by atoms with Crippen LogP contribution in [0.1, 0.15) is 34.9 Å². The maximum absolute atomic E-state index is 13.1. The molecule has 1 aromatic carbocycles. The number of benzene rings is 1. The molecule has 0 spiro atoms. The van der Waals surface area contributed by atoms with Crippen LogP contribution in [0.3, 0.4) is 0 Å². The van der Waals surface area contributed by atoms with Crippen LogP contribution in [0.25, 0.3) is 0 Å². The quantitative estimate of drug-likeness (QED) is 0.798. The second-order valence-corrected chi connectivity index (χ2v) is 7.94. The van der Waals surface area contributed by atoms with Crippen molar-refractivity contribution in [3.05, 3.63) is 46.8 Å². The normalized spacial score (nSPS) is 19.8. The Morgan fingerprint density at radius 1 is 1.18 bits per heavy atom. The molecule has 4 rings (SSSR count). The summed E-state index contributed by atoms with van der Waals surface area (Å²) >= 11 is 0. The maximum atomic E-state index is 13.1. The van der Waals surface area contributed by atoms with Crippen molar-refractivity contribution >= 4 is 11.6 Å². The van der Waals surface area contributed by atoms with Gasteiger partial charge in [-0.3, -0.25) is 14.4 Å². The number of amides is 1. The first-order valence-corrected chi connectivity index (χ1v) is 10.2. The number of aryl methyl sites for hydroxylation is 2. The van der Waals surface area contributed by atoms with E-state index in [4.69, 9.17) is 4.74 Å². The summed E-state index contributed by atoms with van der Waals surface area (Å²) in [5, 5.41) is 4.57. The summed E-state index contributed by atoms with van der Waals surface area (Å²) in [6.07, 6.45) is 0.472. The fourth-order valence-electron chi connectivity index (χ4n) is 4.32. The van der Waals surface area contributed by atoms with Crippen molar-refractivity contribution in [2.45, 2.75) is 39.7 Å². The van der Waals surface area contributed by atoms with Gasteiger partial charge in [-0.15, -0.1) is 0 Å². The van der Waals surface area contributed by atoms with Crippen molar-refractivity contribution in [1.82, 2.24) is 14.7 Å². The van der Waals surface area contributed by atoms with E-state index in [0.717, 1.165) is 56.5 Å². The summed E-state index contributed by atoms with van der Waals surface area (Å²) in [6.45, 7) is 12.1. The topological polar surface area (TPSA) is 50.6 Å². The molecule has 1 fully saturated rings. The van der Waals surface area contributed by atoms with Gasteiger partial charge in [0.2, 0.25) is 5.91 Å². The highest BCUT2D eigenvalue weighted by atomic mass is 16.5. The van der Waals surface area contributed by atoms with Crippen LogP contribution in [-0.2, 0) is 16.1 Å². The van der Waals surface area contributed by atoms with E-state index < -0.39 is 0 Å². The van der Waals surface area contributed by atoms with Gasteiger partial charge >= 0.3 is 0 Å². The van der Waals surface area contributed by atoms with Crippen LogP contribution in [0.2, 0.25) is 0 Å². The van der Waals surface area contributed by atoms with Crippen LogP contribution in [-0.4, -0.2) is 60.0 Å². The molecule has 1 saturated heterocycles. The van der Waals surface area contributed by atoms with Crippen LogP contribution in [0, 0.1) is 20.8 Å². The lowest BCUT2D eigenvalue weighted by Gasteiger charge is -2.29. The first-order chi connectivity index (χ1) is 13.5. The van der Waals surface area contributed by atoms with Crippen molar-refractivity contribution in [2.75, 3.05) is 44.3 Å². The third-order valence-corrected chi connectivity index (χ3v) is 6.23. The Morgan fingerprint density at radius 2 is 1.93 bits per heavy atom. The molecule has 0 aliphatic carbocycles. The van der Waals surface area contributed by atoms with Crippen molar-refractivity contribution < 1.29 is 9.53 Å². The molecule has 0 N–H and O–H groups in total. The van der Waals surface area contributed by atoms with E-state index in [0.29, 0.717) is 18.9 Å². The van der Waals surface area contributed by atoms with Crippen LogP contribution in [0.4, 0.5) is 5.69 Å². The Balaban J connectivity index is 1.45. The standard InChI is InChI=1S/C22H30N4O2/c1-16-17(2)23-26(18(16)3)9-8-22(27)25-15-19(14-24-10-12-28-13-11-24)20-6-4-5-7-21(20)25/h4-7,19H,8-15H2,1-3H3. The zero-order chi connectivity index (χ0) is 19.7. The zero-order valence-electron chi connectivity index (χ0n) is 17.1. The van der Waals surface area contributed by atoms with Gasteiger partial charge in [-0.25, -0.2) is 0 Å². The summed E-state index contributed by atoms with van der Waals surface area (Å²) in [4.78, 5) is 17.5. The van der Waals surface area contributed by atoms with Gasteiger partial charge in [0.05, 0.1) is 18.9 Å².